The second-order valence-corrected chi connectivity index (χ2v) is 3.88. The van der Waals surface area contributed by atoms with E-state index < -0.39 is 83.0 Å². The first-order valence-corrected chi connectivity index (χ1v) is 5.84. The number of aliphatic hydroxyl groups excluding tert-OH is 1. The van der Waals surface area contributed by atoms with Crippen LogP contribution in [0.3, 0.4) is 0 Å². The SMILES string of the molecule is [2H]CC(=O)OC[C@H](OC(=O)C[2H])[C@H](OC(=O)C[2H])[C@@H](CO)OC(=O)C[2H]. The summed E-state index contributed by atoms with van der Waals surface area (Å²) in [6.45, 7) is -4.82. The molecule has 0 saturated carbocycles. The highest BCUT2D eigenvalue weighted by Crippen LogP contribution is 2.14. The second kappa shape index (κ2) is 9.72. The van der Waals surface area contributed by atoms with Gasteiger partial charge in [0.25, 0.3) is 0 Å². The van der Waals surface area contributed by atoms with Gasteiger partial charge in [-0.25, -0.2) is 0 Å². The van der Waals surface area contributed by atoms with Gasteiger partial charge in [-0.3, -0.25) is 19.2 Å². The van der Waals surface area contributed by atoms with Crippen LogP contribution in [0.1, 0.15) is 33.1 Å². The maximum Gasteiger partial charge on any atom is 0.303 e. The molecular weight excluding hydrogens is 300 g/mol. The lowest BCUT2D eigenvalue weighted by molar-refractivity contribution is -0.192. The van der Waals surface area contributed by atoms with Gasteiger partial charge in [0.15, 0.2) is 18.3 Å². The molecule has 0 fully saturated rings. The third-order valence-electron chi connectivity index (χ3n) is 2.15. The topological polar surface area (TPSA) is 125 Å². The molecule has 0 saturated heterocycles. The van der Waals surface area contributed by atoms with E-state index >= 15 is 0 Å². The van der Waals surface area contributed by atoms with Crippen LogP contribution in [0, 0.1) is 0 Å². The van der Waals surface area contributed by atoms with E-state index in [9.17, 15) is 24.3 Å². The third-order valence-corrected chi connectivity index (χ3v) is 2.15. The van der Waals surface area contributed by atoms with Gasteiger partial charge in [0.05, 0.1) is 6.61 Å². The van der Waals surface area contributed by atoms with Crippen molar-refractivity contribution in [3.63, 3.8) is 0 Å². The molecule has 0 aromatic heterocycles. The van der Waals surface area contributed by atoms with Gasteiger partial charge >= 0.3 is 23.9 Å². The summed E-state index contributed by atoms with van der Waals surface area (Å²) in [6.07, 6.45) is -4.82. The Kier molecular flexibility index (Phi) is 5.96. The maximum absolute atomic E-state index is 11.5. The van der Waals surface area contributed by atoms with Crippen molar-refractivity contribution < 1.29 is 48.7 Å². The van der Waals surface area contributed by atoms with Gasteiger partial charge < -0.3 is 24.1 Å². The van der Waals surface area contributed by atoms with Crippen molar-refractivity contribution in [1.29, 1.82) is 0 Å². The molecule has 0 aliphatic rings. The fourth-order valence-corrected chi connectivity index (χ4v) is 1.46. The number of hydrogen-bond acceptors (Lipinski definition) is 9. The highest BCUT2D eigenvalue weighted by atomic mass is 16.6. The summed E-state index contributed by atoms with van der Waals surface area (Å²) < 4.78 is 46.8. The van der Waals surface area contributed by atoms with Gasteiger partial charge in [-0.1, -0.05) is 0 Å². The summed E-state index contributed by atoms with van der Waals surface area (Å²) in [5, 5.41) is 9.40. The molecule has 0 aromatic rings. The van der Waals surface area contributed by atoms with Gasteiger partial charge in [0.2, 0.25) is 0 Å². The van der Waals surface area contributed by atoms with Crippen molar-refractivity contribution in [2.75, 3.05) is 13.2 Å². The normalized spacial score (nSPS) is 16.6. The van der Waals surface area contributed by atoms with Gasteiger partial charge in [-0.2, -0.15) is 0 Å². The first-order valence-electron chi connectivity index (χ1n) is 8.67. The average Bonchev–Trinajstić information content (AvgIpc) is 2.66. The molecule has 0 rings (SSSR count). The monoisotopic (exact) mass is 324 g/mol. The van der Waals surface area contributed by atoms with Gasteiger partial charge in [0.1, 0.15) is 6.61 Å². The average molecular weight is 324 g/mol. The Morgan fingerprint density at radius 1 is 0.864 bits per heavy atom. The minimum Gasteiger partial charge on any atom is -0.462 e. The summed E-state index contributed by atoms with van der Waals surface area (Å²) in [5.74, 6) is -4.28. The number of ether oxygens (including phenoxy) is 4. The van der Waals surface area contributed by atoms with Crippen LogP contribution in [0.4, 0.5) is 0 Å². The van der Waals surface area contributed by atoms with E-state index in [1.165, 1.54) is 0 Å². The van der Waals surface area contributed by atoms with Crippen molar-refractivity contribution >= 4 is 23.9 Å². The second-order valence-electron chi connectivity index (χ2n) is 3.88. The molecule has 0 unspecified atom stereocenters. The number of aliphatic hydroxyl groups is 1. The zero-order chi connectivity index (χ0) is 20.1. The largest absolute Gasteiger partial charge is 0.462 e. The zero-order valence-corrected chi connectivity index (χ0v) is 11.7. The molecule has 0 heterocycles. The van der Waals surface area contributed by atoms with Crippen molar-refractivity contribution in [1.82, 2.24) is 0 Å². The number of hydrogen-bond donors (Lipinski definition) is 1. The predicted molar refractivity (Wildman–Crippen MR) is 70.4 cm³/mol. The van der Waals surface area contributed by atoms with Crippen molar-refractivity contribution in [2.24, 2.45) is 0 Å². The molecule has 22 heavy (non-hydrogen) atoms. The molecule has 0 radical (unpaired) electrons. The molecule has 0 bridgehead atoms. The number of rotatable bonds is 8. The van der Waals surface area contributed by atoms with Crippen LogP contribution in [-0.4, -0.2) is 60.5 Å². The predicted octanol–water partition coefficient (Wildman–Crippen LogP) is -0.663. The van der Waals surface area contributed by atoms with Gasteiger partial charge in [-0.15, -0.1) is 0 Å². The minimum absolute atomic E-state index is 0.714. The quantitative estimate of drug-likeness (QED) is 0.457. The van der Waals surface area contributed by atoms with Crippen LogP contribution >= 0.6 is 0 Å². The Morgan fingerprint density at radius 2 is 1.36 bits per heavy atom. The minimum atomic E-state index is -1.66. The molecule has 3 atom stereocenters. The molecule has 1 N–H and O–H groups in total. The van der Waals surface area contributed by atoms with Crippen LogP contribution in [0.5, 0.6) is 0 Å². The molecule has 9 heteroatoms. The highest BCUT2D eigenvalue weighted by molar-refractivity contribution is 5.68. The van der Waals surface area contributed by atoms with Gasteiger partial charge in [-0.05, 0) is 0 Å². The lowest BCUT2D eigenvalue weighted by Crippen LogP contribution is -2.48. The van der Waals surface area contributed by atoms with Crippen LogP contribution in [0.2, 0.25) is 0 Å². The Labute approximate surface area is 133 Å². The van der Waals surface area contributed by atoms with Crippen molar-refractivity contribution in [3.8, 4) is 0 Å². The summed E-state index contributed by atoms with van der Waals surface area (Å²) >= 11 is 0. The van der Waals surface area contributed by atoms with E-state index in [4.69, 9.17) is 19.7 Å². The molecular formula is C13H20O9. The lowest BCUT2D eigenvalue weighted by Gasteiger charge is -2.30. The first kappa shape index (κ1) is 13.5. The van der Waals surface area contributed by atoms with Crippen LogP contribution < -0.4 is 0 Å². The van der Waals surface area contributed by atoms with Crippen molar-refractivity contribution in [2.45, 2.75) is 45.9 Å². The first-order chi connectivity index (χ1) is 12.3. The fraction of sp³-hybridized carbons (Fsp3) is 0.692. The Bertz CT molecular complexity index is 488. The molecule has 0 aliphatic carbocycles. The Morgan fingerprint density at radius 3 is 1.86 bits per heavy atom. The van der Waals surface area contributed by atoms with Crippen LogP contribution in [0.15, 0.2) is 0 Å². The molecule has 126 valence electrons. The molecule has 0 amide bonds. The third kappa shape index (κ3) is 8.20. The van der Waals surface area contributed by atoms with Gasteiger partial charge in [0, 0.05) is 33.1 Å². The zero-order valence-electron chi connectivity index (χ0n) is 15.7. The molecule has 9 nitrogen and oxygen atoms in total. The summed E-state index contributed by atoms with van der Waals surface area (Å²) in [4.78, 5) is 45.3. The van der Waals surface area contributed by atoms with Crippen molar-refractivity contribution in [3.05, 3.63) is 0 Å². The Hall–Kier alpha value is -2.16. The molecule has 0 aliphatic heterocycles. The highest BCUT2D eigenvalue weighted by Gasteiger charge is 2.37. The fourth-order valence-electron chi connectivity index (χ4n) is 1.46. The maximum atomic E-state index is 11.5. The van der Waals surface area contributed by atoms with E-state index in [0.717, 1.165) is 0 Å². The summed E-state index contributed by atoms with van der Waals surface area (Å²) in [5.41, 5.74) is 0. The van der Waals surface area contributed by atoms with E-state index in [1.807, 2.05) is 0 Å². The molecule has 0 spiro atoms. The smallest absolute Gasteiger partial charge is 0.303 e. The van der Waals surface area contributed by atoms with E-state index in [1.54, 1.807) is 0 Å². The lowest BCUT2D eigenvalue weighted by atomic mass is 10.1. The number of carbonyl (C=O) groups is 4. The van der Waals surface area contributed by atoms with E-state index in [0.29, 0.717) is 0 Å². The van der Waals surface area contributed by atoms with Crippen LogP contribution in [0.25, 0.3) is 0 Å². The Balaban J connectivity index is 5.55. The van der Waals surface area contributed by atoms with Crippen LogP contribution in [-0.2, 0) is 38.1 Å². The summed E-state index contributed by atoms with van der Waals surface area (Å²) in [7, 11) is 0. The molecule has 0 aromatic carbocycles. The van der Waals surface area contributed by atoms with E-state index in [2.05, 4.69) is 4.74 Å². The standard InChI is InChI=1S/C13H20O9/c1-7(15)19-6-12(21-9(3)17)13(22-10(4)18)11(5-14)20-8(2)16/h11-14H,5-6H2,1-4H3/t11-,12+,13-/m1/s1/i1D,2D,3D,4D. The number of carbonyl (C=O) groups excluding carboxylic acids is 4. The summed E-state index contributed by atoms with van der Waals surface area (Å²) in [6, 6.07) is 0. The number of esters is 4. The van der Waals surface area contributed by atoms with E-state index in [-0.39, 0.29) is 0 Å².